The van der Waals surface area contributed by atoms with E-state index in [0.717, 1.165) is 25.3 Å². The van der Waals surface area contributed by atoms with Gasteiger partial charge in [0.05, 0.1) is 5.56 Å². The summed E-state index contributed by atoms with van der Waals surface area (Å²) in [5, 5.41) is 3.88. The van der Waals surface area contributed by atoms with Crippen LogP contribution in [-0.4, -0.2) is 36.5 Å². The Balaban J connectivity index is 0.00000176. The molecule has 1 N–H and O–H groups in total. The maximum Gasteiger partial charge on any atom is 0.256 e. The molecule has 0 bridgehead atoms. The number of halogens is 3. The molecular formula is C16H21Cl2FN2O. The Kier molecular flexibility index (Phi) is 6.07. The minimum absolute atomic E-state index is 0. The third kappa shape index (κ3) is 4.34. The van der Waals surface area contributed by atoms with E-state index in [-0.39, 0.29) is 23.9 Å². The van der Waals surface area contributed by atoms with Gasteiger partial charge in [-0.3, -0.25) is 4.79 Å². The minimum Gasteiger partial charge on any atom is -0.338 e. The lowest BCUT2D eigenvalue weighted by Gasteiger charge is -2.32. The molecule has 0 atom stereocenters. The highest BCUT2D eigenvalue weighted by atomic mass is 35.5. The molecule has 3 rings (SSSR count). The number of hydrogen-bond acceptors (Lipinski definition) is 2. The Labute approximate surface area is 141 Å². The summed E-state index contributed by atoms with van der Waals surface area (Å²) < 4.78 is 13.8. The molecule has 0 aromatic heterocycles. The average Bonchev–Trinajstić information content (AvgIpc) is 3.29. The van der Waals surface area contributed by atoms with Gasteiger partial charge in [0.25, 0.3) is 5.91 Å². The third-order valence-electron chi connectivity index (χ3n) is 4.34. The largest absolute Gasteiger partial charge is 0.338 e. The van der Waals surface area contributed by atoms with Crippen molar-refractivity contribution in [3.63, 3.8) is 0 Å². The fourth-order valence-electron chi connectivity index (χ4n) is 2.78. The number of hydrogen-bond donors (Lipinski definition) is 1. The first-order valence-corrected chi connectivity index (χ1v) is 7.99. The van der Waals surface area contributed by atoms with E-state index in [1.165, 1.54) is 25.0 Å². The molecule has 1 aromatic rings. The number of benzene rings is 1. The van der Waals surface area contributed by atoms with Crippen molar-refractivity contribution in [2.45, 2.75) is 31.7 Å². The second-order valence-electron chi connectivity index (χ2n) is 6.04. The number of likely N-dealkylation sites (tertiary alicyclic amines) is 1. The molecule has 6 heteroatoms. The molecule has 1 aliphatic heterocycles. The van der Waals surface area contributed by atoms with Gasteiger partial charge in [0, 0.05) is 24.2 Å². The zero-order chi connectivity index (χ0) is 14.8. The first-order valence-electron chi connectivity index (χ1n) is 7.61. The molecule has 1 saturated heterocycles. The zero-order valence-electron chi connectivity index (χ0n) is 12.4. The van der Waals surface area contributed by atoms with Gasteiger partial charge in [0.15, 0.2) is 0 Å². The number of piperidine rings is 1. The second-order valence-corrected chi connectivity index (χ2v) is 6.48. The molecule has 1 heterocycles. The summed E-state index contributed by atoms with van der Waals surface area (Å²) in [4.78, 5) is 14.1. The molecule has 0 unspecified atom stereocenters. The summed E-state index contributed by atoms with van der Waals surface area (Å²) in [6, 6.07) is 4.71. The van der Waals surface area contributed by atoms with Gasteiger partial charge in [-0.1, -0.05) is 11.6 Å². The van der Waals surface area contributed by atoms with E-state index in [0.29, 0.717) is 24.2 Å². The van der Waals surface area contributed by atoms with Crippen molar-refractivity contribution < 1.29 is 9.18 Å². The van der Waals surface area contributed by atoms with Crippen LogP contribution in [0, 0.1) is 11.7 Å². The number of nitrogens with zero attached hydrogens (tertiary/aromatic N) is 1. The van der Waals surface area contributed by atoms with Crippen LogP contribution in [-0.2, 0) is 0 Å². The quantitative estimate of drug-likeness (QED) is 0.904. The van der Waals surface area contributed by atoms with Gasteiger partial charge in [-0.15, -0.1) is 12.4 Å². The topological polar surface area (TPSA) is 32.3 Å². The van der Waals surface area contributed by atoms with E-state index in [1.54, 1.807) is 11.0 Å². The third-order valence-corrected chi connectivity index (χ3v) is 4.57. The minimum atomic E-state index is -0.540. The van der Waals surface area contributed by atoms with Crippen LogP contribution in [0.4, 0.5) is 4.39 Å². The molecule has 1 aromatic carbocycles. The Bertz CT molecular complexity index is 529. The van der Waals surface area contributed by atoms with Crippen LogP contribution in [0.15, 0.2) is 18.2 Å². The van der Waals surface area contributed by atoms with Crippen LogP contribution in [0.5, 0.6) is 0 Å². The van der Waals surface area contributed by atoms with Crippen molar-refractivity contribution >= 4 is 29.9 Å². The monoisotopic (exact) mass is 346 g/mol. The Hall–Kier alpha value is -0.840. The summed E-state index contributed by atoms with van der Waals surface area (Å²) in [6.45, 7) is 2.47. The van der Waals surface area contributed by atoms with Crippen LogP contribution >= 0.6 is 24.0 Å². The summed E-state index contributed by atoms with van der Waals surface area (Å²) in [7, 11) is 0. The van der Waals surface area contributed by atoms with Gasteiger partial charge in [-0.05, 0) is 56.3 Å². The first-order chi connectivity index (χ1) is 10.1. The zero-order valence-corrected chi connectivity index (χ0v) is 13.9. The molecular weight excluding hydrogens is 326 g/mol. The molecule has 3 nitrogen and oxygen atoms in total. The first kappa shape index (κ1) is 17.5. The molecule has 122 valence electrons. The van der Waals surface area contributed by atoms with Gasteiger partial charge < -0.3 is 10.2 Å². The van der Waals surface area contributed by atoms with Crippen molar-refractivity contribution in [3.8, 4) is 0 Å². The van der Waals surface area contributed by atoms with Gasteiger partial charge >= 0.3 is 0 Å². The van der Waals surface area contributed by atoms with E-state index in [1.807, 2.05) is 0 Å². The molecule has 1 saturated carbocycles. The summed E-state index contributed by atoms with van der Waals surface area (Å²) in [5.41, 5.74) is 0.115. The highest BCUT2D eigenvalue weighted by Gasteiger charge is 2.27. The number of amides is 1. The molecule has 22 heavy (non-hydrogen) atoms. The average molecular weight is 347 g/mol. The Morgan fingerprint density at radius 1 is 1.27 bits per heavy atom. The Morgan fingerprint density at radius 2 is 1.95 bits per heavy atom. The van der Waals surface area contributed by atoms with Crippen molar-refractivity contribution in [2.75, 3.05) is 19.6 Å². The fraction of sp³-hybridized carbons (Fsp3) is 0.562. The van der Waals surface area contributed by atoms with E-state index < -0.39 is 5.82 Å². The van der Waals surface area contributed by atoms with E-state index >= 15 is 0 Å². The molecule has 0 spiro atoms. The van der Waals surface area contributed by atoms with Crippen LogP contribution in [0.2, 0.25) is 5.02 Å². The van der Waals surface area contributed by atoms with E-state index in [4.69, 9.17) is 11.6 Å². The highest BCUT2D eigenvalue weighted by Crippen LogP contribution is 2.28. The number of nitrogens with one attached hydrogen (secondary N) is 1. The predicted octanol–water partition coefficient (Wildman–Crippen LogP) is 3.51. The molecule has 1 amide bonds. The SMILES string of the molecule is Cl.O=C(c1ccc(Cl)cc1F)N1CCC(NCC2CC2)CC1. The molecule has 1 aliphatic carbocycles. The predicted molar refractivity (Wildman–Crippen MR) is 88.3 cm³/mol. The van der Waals surface area contributed by atoms with Crippen LogP contribution < -0.4 is 5.32 Å². The summed E-state index contributed by atoms with van der Waals surface area (Å²) in [6.07, 6.45) is 4.57. The normalized spacial score (nSPS) is 18.9. The van der Waals surface area contributed by atoms with Crippen molar-refractivity contribution in [1.82, 2.24) is 10.2 Å². The van der Waals surface area contributed by atoms with Gasteiger partial charge in [0.1, 0.15) is 5.82 Å². The number of carbonyl (C=O) groups is 1. The summed E-state index contributed by atoms with van der Waals surface area (Å²) >= 11 is 5.72. The smallest absolute Gasteiger partial charge is 0.256 e. The fourth-order valence-corrected chi connectivity index (χ4v) is 2.93. The lowest BCUT2D eigenvalue weighted by molar-refractivity contribution is 0.0700. The number of rotatable bonds is 4. The molecule has 2 aliphatic rings. The van der Waals surface area contributed by atoms with E-state index in [9.17, 15) is 9.18 Å². The van der Waals surface area contributed by atoms with Gasteiger partial charge in [-0.2, -0.15) is 0 Å². The van der Waals surface area contributed by atoms with Crippen molar-refractivity contribution in [2.24, 2.45) is 5.92 Å². The molecule has 2 fully saturated rings. The van der Waals surface area contributed by atoms with Crippen LogP contribution in [0.1, 0.15) is 36.0 Å². The van der Waals surface area contributed by atoms with Gasteiger partial charge in [0.2, 0.25) is 0 Å². The summed E-state index contributed by atoms with van der Waals surface area (Å²) in [5.74, 6) is 0.0964. The molecule has 0 radical (unpaired) electrons. The number of carbonyl (C=O) groups excluding carboxylic acids is 1. The second kappa shape index (κ2) is 7.62. The van der Waals surface area contributed by atoms with Gasteiger partial charge in [-0.25, -0.2) is 4.39 Å². The van der Waals surface area contributed by atoms with Crippen LogP contribution in [0.3, 0.4) is 0 Å². The van der Waals surface area contributed by atoms with Crippen molar-refractivity contribution in [1.29, 1.82) is 0 Å². The Morgan fingerprint density at radius 3 is 2.55 bits per heavy atom. The maximum atomic E-state index is 13.8. The highest BCUT2D eigenvalue weighted by molar-refractivity contribution is 6.30. The standard InChI is InChI=1S/C16H20ClFN2O.ClH/c17-12-3-4-14(15(18)9-12)16(21)20-7-5-13(6-8-20)19-10-11-1-2-11;/h3-4,9,11,13,19H,1-2,5-8,10H2;1H. The van der Waals surface area contributed by atoms with Crippen LogP contribution in [0.25, 0.3) is 0 Å². The maximum absolute atomic E-state index is 13.8. The van der Waals surface area contributed by atoms with E-state index in [2.05, 4.69) is 5.32 Å². The lowest BCUT2D eigenvalue weighted by Crippen LogP contribution is -2.45. The van der Waals surface area contributed by atoms with Crippen molar-refractivity contribution in [3.05, 3.63) is 34.6 Å². The lowest BCUT2D eigenvalue weighted by atomic mass is 10.0.